The molecule has 3 nitrogen and oxygen atoms in total. The molecule has 1 aromatic carbocycles. The number of carboxylic acid groups (broad SMARTS) is 1. The average Bonchev–Trinajstić information content (AvgIpc) is 3.11. The first-order valence-corrected chi connectivity index (χ1v) is 7.18. The van der Waals surface area contributed by atoms with Crippen LogP contribution in [0, 0.1) is 5.92 Å². The Bertz CT molecular complexity index is 443. The van der Waals surface area contributed by atoms with E-state index in [2.05, 4.69) is 28.2 Å². The molecule has 0 aromatic heterocycles. The molecule has 1 aromatic rings. The lowest BCUT2D eigenvalue weighted by molar-refractivity contribution is 0.0696. The lowest BCUT2D eigenvalue weighted by Crippen LogP contribution is -2.19. The number of aromatic carboxylic acids is 1. The van der Waals surface area contributed by atoms with Crippen LogP contribution in [-0.2, 0) is 0 Å². The smallest absolute Gasteiger partial charge is 0.336 e. The van der Waals surface area contributed by atoms with Crippen molar-refractivity contribution in [2.75, 3.05) is 5.32 Å². The van der Waals surface area contributed by atoms with E-state index in [1.54, 1.807) is 6.07 Å². The summed E-state index contributed by atoms with van der Waals surface area (Å²) in [6, 6.07) is 5.81. The molecule has 1 aliphatic rings. The van der Waals surface area contributed by atoms with Gasteiger partial charge >= 0.3 is 5.97 Å². The van der Waals surface area contributed by atoms with Crippen LogP contribution in [-0.4, -0.2) is 17.1 Å². The third-order valence-corrected chi connectivity index (χ3v) is 4.03. The van der Waals surface area contributed by atoms with Crippen molar-refractivity contribution in [3.63, 3.8) is 0 Å². The van der Waals surface area contributed by atoms with Crippen LogP contribution in [0.15, 0.2) is 22.7 Å². The van der Waals surface area contributed by atoms with E-state index in [4.69, 9.17) is 5.11 Å². The van der Waals surface area contributed by atoms with E-state index < -0.39 is 5.97 Å². The number of carbonyl (C=O) groups is 1. The van der Waals surface area contributed by atoms with Crippen molar-refractivity contribution in [2.45, 2.75) is 38.6 Å². The molecule has 0 bridgehead atoms. The molecule has 0 spiro atoms. The highest BCUT2D eigenvalue weighted by Crippen LogP contribution is 2.35. The van der Waals surface area contributed by atoms with Crippen LogP contribution < -0.4 is 5.32 Å². The van der Waals surface area contributed by atoms with Crippen LogP contribution in [0.1, 0.15) is 43.0 Å². The van der Waals surface area contributed by atoms with Crippen molar-refractivity contribution < 1.29 is 9.90 Å². The number of halogens is 1. The van der Waals surface area contributed by atoms with Crippen molar-refractivity contribution in [2.24, 2.45) is 5.92 Å². The second-order valence-electron chi connectivity index (χ2n) is 4.93. The van der Waals surface area contributed by atoms with Crippen molar-refractivity contribution in [1.29, 1.82) is 0 Å². The zero-order chi connectivity index (χ0) is 13.1. The Morgan fingerprint density at radius 3 is 2.78 bits per heavy atom. The first kappa shape index (κ1) is 13.4. The van der Waals surface area contributed by atoms with E-state index in [1.807, 2.05) is 12.1 Å². The average molecular weight is 312 g/mol. The van der Waals surface area contributed by atoms with E-state index in [-0.39, 0.29) is 0 Å². The Kier molecular flexibility index (Phi) is 4.27. The molecule has 2 rings (SSSR count). The lowest BCUT2D eigenvalue weighted by atomic mass is 10.1. The number of rotatable bonds is 6. The molecule has 18 heavy (non-hydrogen) atoms. The highest BCUT2D eigenvalue weighted by molar-refractivity contribution is 9.10. The van der Waals surface area contributed by atoms with Gasteiger partial charge in [0.25, 0.3) is 0 Å². The summed E-state index contributed by atoms with van der Waals surface area (Å²) in [6.45, 7) is 2.18. The molecule has 4 heteroatoms. The number of benzene rings is 1. The standard InChI is InChI=1S/C14H18BrNO2/c1-2-10(7-9-3-4-9)16-11-5-6-12(14(17)18)13(15)8-11/h5-6,8-10,16H,2-4,7H2,1H3,(H,17,18). The van der Waals surface area contributed by atoms with Crippen molar-refractivity contribution in [1.82, 2.24) is 0 Å². The van der Waals surface area contributed by atoms with Gasteiger partial charge in [0, 0.05) is 16.2 Å². The predicted octanol–water partition coefficient (Wildman–Crippen LogP) is 4.14. The second-order valence-corrected chi connectivity index (χ2v) is 5.78. The van der Waals surface area contributed by atoms with Crippen LogP contribution in [0.25, 0.3) is 0 Å². The first-order valence-electron chi connectivity index (χ1n) is 6.39. The van der Waals surface area contributed by atoms with Crippen molar-refractivity contribution in [3.8, 4) is 0 Å². The summed E-state index contributed by atoms with van der Waals surface area (Å²) in [5, 5.41) is 12.4. The third-order valence-electron chi connectivity index (χ3n) is 3.38. The third kappa shape index (κ3) is 3.48. The topological polar surface area (TPSA) is 49.3 Å². The predicted molar refractivity (Wildman–Crippen MR) is 76.1 cm³/mol. The summed E-state index contributed by atoms with van der Waals surface area (Å²) in [7, 11) is 0. The Labute approximate surface area is 116 Å². The van der Waals surface area contributed by atoms with Crippen LogP contribution >= 0.6 is 15.9 Å². The van der Waals surface area contributed by atoms with Gasteiger partial charge in [-0.25, -0.2) is 4.79 Å². The molecule has 1 atom stereocenters. The van der Waals surface area contributed by atoms with E-state index >= 15 is 0 Å². The summed E-state index contributed by atoms with van der Waals surface area (Å²) in [5.74, 6) is -0.0115. The van der Waals surface area contributed by atoms with Crippen molar-refractivity contribution >= 4 is 27.6 Å². The highest BCUT2D eigenvalue weighted by atomic mass is 79.9. The fourth-order valence-electron chi connectivity index (χ4n) is 2.10. The Morgan fingerprint density at radius 1 is 1.56 bits per heavy atom. The normalized spacial score (nSPS) is 16.3. The minimum atomic E-state index is -0.904. The zero-order valence-corrected chi connectivity index (χ0v) is 12.0. The Balaban J connectivity index is 2.03. The SMILES string of the molecule is CCC(CC1CC1)Nc1ccc(C(=O)O)c(Br)c1. The fourth-order valence-corrected chi connectivity index (χ4v) is 2.65. The summed E-state index contributed by atoms with van der Waals surface area (Å²) in [6.07, 6.45) is 5.03. The molecule has 0 saturated heterocycles. The number of hydrogen-bond acceptors (Lipinski definition) is 2. The molecule has 98 valence electrons. The minimum absolute atomic E-state index is 0.302. The maximum Gasteiger partial charge on any atom is 0.336 e. The van der Waals surface area contributed by atoms with E-state index in [1.165, 1.54) is 19.3 Å². The zero-order valence-electron chi connectivity index (χ0n) is 10.4. The number of anilines is 1. The molecule has 1 fully saturated rings. The summed E-state index contributed by atoms with van der Waals surface area (Å²) < 4.78 is 0.626. The molecular formula is C14H18BrNO2. The molecular weight excluding hydrogens is 294 g/mol. The molecule has 1 unspecified atom stereocenters. The second kappa shape index (κ2) is 5.74. The van der Waals surface area contributed by atoms with Crippen LogP contribution in [0.5, 0.6) is 0 Å². The molecule has 0 radical (unpaired) electrons. The highest BCUT2D eigenvalue weighted by Gasteiger charge is 2.24. The van der Waals surface area contributed by atoms with Crippen LogP contribution in [0.4, 0.5) is 5.69 Å². The number of hydrogen-bond donors (Lipinski definition) is 2. The lowest BCUT2D eigenvalue weighted by Gasteiger charge is -2.18. The van der Waals surface area contributed by atoms with E-state index in [0.717, 1.165) is 18.0 Å². The first-order chi connectivity index (χ1) is 8.60. The summed E-state index contributed by atoms with van der Waals surface area (Å²) in [5.41, 5.74) is 1.29. The van der Waals surface area contributed by atoms with Crippen LogP contribution in [0.3, 0.4) is 0 Å². The quantitative estimate of drug-likeness (QED) is 0.830. The van der Waals surface area contributed by atoms with Gasteiger partial charge in [0.15, 0.2) is 0 Å². The largest absolute Gasteiger partial charge is 0.478 e. The monoisotopic (exact) mass is 311 g/mol. The summed E-state index contributed by atoms with van der Waals surface area (Å²) >= 11 is 3.30. The van der Waals surface area contributed by atoms with E-state index in [0.29, 0.717) is 16.1 Å². The van der Waals surface area contributed by atoms with Gasteiger partial charge < -0.3 is 10.4 Å². The van der Waals surface area contributed by atoms with Gasteiger partial charge in [-0.2, -0.15) is 0 Å². The maximum atomic E-state index is 10.9. The number of carboxylic acids is 1. The molecule has 0 aliphatic heterocycles. The minimum Gasteiger partial charge on any atom is -0.478 e. The Morgan fingerprint density at radius 2 is 2.28 bits per heavy atom. The maximum absolute atomic E-state index is 10.9. The summed E-state index contributed by atoms with van der Waals surface area (Å²) in [4.78, 5) is 10.9. The molecule has 0 heterocycles. The molecule has 1 saturated carbocycles. The molecule has 0 amide bonds. The molecule has 1 aliphatic carbocycles. The van der Waals surface area contributed by atoms with Gasteiger partial charge in [-0.05, 0) is 52.9 Å². The van der Waals surface area contributed by atoms with Gasteiger partial charge in [0.2, 0.25) is 0 Å². The molecule has 2 N–H and O–H groups in total. The Hall–Kier alpha value is -1.03. The van der Waals surface area contributed by atoms with Gasteiger partial charge in [-0.15, -0.1) is 0 Å². The van der Waals surface area contributed by atoms with E-state index in [9.17, 15) is 4.79 Å². The van der Waals surface area contributed by atoms with Gasteiger partial charge in [0.1, 0.15) is 0 Å². The van der Waals surface area contributed by atoms with Crippen molar-refractivity contribution in [3.05, 3.63) is 28.2 Å². The van der Waals surface area contributed by atoms with Crippen LogP contribution in [0.2, 0.25) is 0 Å². The van der Waals surface area contributed by atoms with Gasteiger partial charge in [-0.3, -0.25) is 0 Å². The van der Waals surface area contributed by atoms with Gasteiger partial charge in [-0.1, -0.05) is 19.8 Å². The fraction of sp³-hybridized carbons (Fsp3) is 0.500. The van der Waals surface area contributed by atoms with Gasteiger partial charge in [0.05, 0.1) is 5.56 Å². The number of nitrogens with one attached hydrogen (secondary N) is 1.